The number of aryl methyl sites for hydroxylation is 1. The summed E-state index contributed by atoms with van der Waals surface area (Å²) in [7, 11) is 5.26. The number of methoxy groups -OCH3 is 1. The molecule has 2 aromatic rings. The molecule has 0 spiro atoms. The van der Waals surface area contributed by atoms with E-state index in [-0.39, 0.29) is 5.56 Å². The third kappa shape index (κ3) is 2.60. The third-order valence-electron chi connectivity index (χ3n) is 3.38. The van der Waals surface area contributed by atoms with Gasteiger partial charge in [0.2, 0.25) is 0 Å². The maximum Gasteiger partial charge on any atom is 0.255 e. The fraction of sp³-hybridized carbons (Fsp3) is 0.312. The van der Waals surface area contributed by atoms with Crippen LogP contribution in [0, 0.1) is 6.92 Å². The molecule has 0 amide bonds. The van der Waals surface area contributed by atoms with Crippen LogP contribution in [0.4, 0.5) is 0 Å². The quantitative estimate of drug-likeness (QED) is 0.927. The molecule has 4 heteroatoms. The lowest BCUT2D eigenvalue weighted by atomic mass is 10.1. The first-order valence-corrected chi connectivity index (χ1v) is 6.57. The Morgan fingerprint density at radius 3 is 2.65 bits per heavy atom. The van der Waals surface area contributed by atoms with Gasteiger partial charge in [0.1, 0.15) is 5.75 Å². The maximum atomic E-state index is 12.3. The fourth-order valence-electron chi connectivity index (χ4n) is 2.30. The SMILES string of the molecule is CNCc1ccc(-c2cc(C)ccc2OC)n(C)c1=O. The first-order valence-electron chi connectivity index (χ1n) is 6.57. The summed E-state index contributed by atoms with van der Waals surface area (Å²) in [5, 5.41) is 3.00. The Balaban J connectivity index is 2.62. The molecule has 0 unspecified atom stereocenters. The van der Waals surface area contributed by atoms with Crippen molar-refractivity contribution in [3.63, 3.8) is 0 Å². The summed E-state index contributed by atoms with van der Waals surface area (Å²) in [6.07, 6.45) is 0. The number of benzene rings is 1. The van der Waals surface area contributed by atoms with E-state index in [9.17, 15) is 4.79 Å². The van der Waals surface area contributed by atoms with Gasteiger partial charge < -0.3 is 14.6 Å². The van der Waals surface area contributed by atoms with Gasteiger partial charge in [-0.25, -0.2) is 0 Å². The number of rotatable bonds is 4. The predicted molar refractivity (Wildman–Crippen MR) is 81.2 cm³/mol. The molecule has 2 rings (SSSR count). The molecule has 0 radical (unpaired) electrons. The van der Waals surface area contributed by atoms with Crippen LogP contribution in [0.25, 0.3) is 11.3 Å². The van der Waals surface area contributed by atoms with Crippen molar-refractivity contribution in [3.05, 3.63) is 51.8 Å². The van der Waals surface area contributed by atoms with Gasteiger partial charge in [-0.1, -0.05) is 17.7 Å². The summed E-state index contributed by atoms with van der Waals surface area (Å²) in [5.41, 5.74) is 3.69. The van der Waals surface area contributed by atoms with Crippen molar-refractivity contribution >= 4 is 0 Å². The molecule has 1 N–H and O–H groups in total. The highest BCUT2D eigenvalue weighted by atomic mass is 16.5. The van der Waals surface area contributed by atoms with E-state index in [0.717, 1.165) is 28.1 Å². The van der Waals surface area contributed by atoms with Crippen LogP contribution in [0.15, 0.2) is 35.1 Å². The van der Waals surface area contributed by atoms with E-state index in [0.29, 0.717) is 6.54 Å². The van der Waals surface area contributed by atoms with Crippen molar-refractivity contribution < 1.29 is 4.74 Å². The van der Waals surface area contributed by atoms with Gasteiger partial charge in [-0.3, -0.25) is 4.79 Å². The van der Waals surface area contributed by atoms with E-state index >= 15 is 0 Å². The van der Waals surface area contributed by atoms with Crippen LogP contribution in [-0.4, -0.2) is 18.7 Å². The van der Waals surface area contributed by atoms with Crippen LogP contribution in [0.1, 0.15) is 11.1 Å². The van der Waals surface area contributed by atoms with E-state index in [1.807, 2.05) is 44.3 Å². The first kappa shape index (κ1) is 14.3. The summed E-state index contributed by atoms with van der Waals surface area (Å²) >= 11 is 0. The van der Waals surface area contributed by atoms with Crippen molar-refractivity contribution in [1.29, 1.82) is 0 Å². The molecule has 0 atom stereocenters. The second-order valence-corrected chi connectivity index (χ2v) is 4.84. The van der Waals surface area contributed by atoms with Gasteiger partial charge in [-0.2, -0.15) is 0 Å². The van der Waals surface area contributed by atoms with E-state index in [2.05, 4.69) is 5.32 Å². The molecular formula is C16H20N2O2. The van der Waals surface area contributed by atoms with Gasteiger partial charge >= 0.3 is 0 Å². The van der Waals surface area contributed by atoms with Gasteiger partial charge in [0.15, 0.2) is 0 Å². The smallest absolute Gasteiger partial charge is 0.255 e. The number of hydrogen-bond donors (Lipinski definition) is 1. The Labute approximate surface area is 119 Å². The molecule has 1 aromatic heterocycles. The fourth-order valence-corrected chi connectivity index (χ4v) is 2.30. The number of aromatic nitrogens is 1. The predicted octanol–water partition coefficient (Wildman–Crippen LogP) is 2.09. The lowest BCUT2D eigenvalue weighted by Gasteiger charge is -2.14. The Hall–Kier alpha value is -2.07. The van der Waals surface area contributed by atoms with Crippen molar-refractivity contribution in [1.82, 2.24) is 9.88 Å². The second-order valence-electron chi connectivity index (χ2n) is 4.84. The molecule has 0 bridgehead atoms. The van der Waals surface area contributed by atoms with Crippen molar-refractivity contribution in [2.45, 2.75) is 13.5 Å². The standard InChI is InChI=1S/C16H20N2O2/c1-11-5-8-15(20-4)13(9-11)14-7-6-12(10-17-2)16(19)18(14)3/h5-9,17H,10H2,1-4H3. The molecule has 0 aliphatic heterocycles. The Kier molecular flexibility index (Phi) is 4.25. The summed E-state index contributed by atoms with van der Waals surface area (Å²) in [6.45, 7) is 2.59. The Bertz CT molecular complexity index is 675. The monoisotopic (exact) mass is 272 g/mol. The normalized spacial score (nSPS) is 10.6. The largest absolute Gasteiger partial charge is 0.496 e. The van der Waals surface area contributed by atoms with Crippen LogP contribution < -0.4 is 15.6 Å². The van der Waals surface area contributed by atoms with Crippen molar-refractivity contribution in [3.8, 4) is 17.0 Å². The van der Waals surface area contributed by atoms with E-state index in [1.54, 1.807) is 18.7 Å². The molecule has 106 valence electrons. The van der Waals surface area contributed by atoms with Gasteiger partial charge in [0.25, 0.3) is 5.56 Å². The molecule has 0 aliphatic carbocycles. The second kappa shape index (κ2) is 5.92. The van der Waals surface area contributed by atoms with Crippen LogP contribution in [0.2, 0.25) is 0 Å². The number of nitrogens with one attached hydrogen (secondary N) is 1. The molecule has 0 saturated carbocycles. The number of ether oxygens (including phenoxy) is 1. The molecule has 0 aliphatic rings. The minimum atomic E-state index is 0.0143. The number of hydrogen-bond acceptors (Lipinski definition) is 3. The molecular weight excluding hydrogens is 252 g/mol. The van der Waals surface area contributed by atoms with Gasteiger partial charge in [-0.05, 0) is 32.2 Å². The van der Waals surface area contributed by atoms with Crippen LogP contribution in [-0.2, 0) is 13.6 Å². The minimum Gasteiger partial charge on any atom is -0.496 e. The van der Waals surface area contributed by atoms with Gasteiger partial charge in [0.05, 0.1) is 12.8 Å². The van der Waals surface area contributed by atoms with E-state index in [4.69, 9.17) is 4.74 Å². The molecule has 1 aromatic carbocycles. The first-order chi connectivity index (χ1) is 9.58. The van der Waals surface area contributed by atoms with Crippen molar-refractivity contribution in [2.75, 3.05) is 14.2 Å². The van der Waals surface area contributed by atoms with Crippen LogP contribution in [0.3, 0.4) is 0 Å². The highest BCUT2D eigenvalue weighted by molar-refractivity contribution is 5.68. The van der Waals surface area contributed by atoms with Crippen LogP contribution in [0.5, 0.6) is 5.75 Å². The minimum absolute atomic E-state index is 0.0143. The lowest BCUT2D eigenvalue weighted by Crippen LogP contribution is -2.25. The lowest BCUT2D eigenvalue weighted by molar-refractivity contribution is 0.416. The molecule has 0 fully saturated rings. The van der Waals surface area contributed by atoms with E-state index in [1.165, 1.54) is 0 Å². The van der Waals surface area contributed by atoms with Gasteiger partial charge in [-0.15, -0.1) is 0 Å². The van der Waals surface area contributed by atoms with E-state index < -0.39 is 0 Å². The average molecular weight is 272 g/mol. The highest BCUT2D eigenvalue weighted by Gasteiger charge is 2.11. The molecule has 20 heavy (non-hydrogen) atoms. The van der Waals surface area contributed by atoms with Crippen molar-refractivity contribution in [2.24, 2.45) is 7.05 Å². The topological polar surface area (TPSA) is 43.3 Å². The number of pyridine rings is 1. The zero-order valence-electron chi connectivity index (χ0n) is 12.4. The zero-order chi connectivity index (χ0) is 14.7. The summed E-state index contributed by atoms with van der Waals surface area (Å²) < 4.78 is 7.07. The average Bonchev–Trinajstić information content (AvgIpc) is 2.44. The zero-order valence-corrected chi connectivity index (χ0v) is 12.4. The molecule has 1 heterocycles. The number of nitrogens with zero attached hydrogens (tertiary/aromatic N) is 1. The van der Waals surface area contributed by atoms with Gasteiger partial charge in [0, 0.05) is 24.7 Å². The summed E-state index contributed by atoms with van der Waals surface area (Å²) in [5.74, 6) is 0.770. The van der Waals surface area contributed by atoms with Crippen LogP contribution >= 0.6 is 0 Å². The maximum absolute atomic E-state index is 12.3. The molecule has 4 nitrogen and oxygen atoms in total. The summed E-state index contributed by atoms with van der Waals surface area (Å²) in [4.78, 5) is 12.3. The summed E-state index contributed by atoms with van der Waals surface area (Å²) in [6, 6.07) is 9.79. The molecule has 0 saturated heterocycles. The Morgan fingerprint density at radius 1 is 1.25 bits per heavy atom. The third-order valence-corrected chi connectivity index (χ3v) is 3.38. The highest BCUT2D eigenvalue weighted by Crippen LogP contribution is 2.29. The Morgan fingerprint density at radius 2 is 2.00 bits per heavy atom.